The normalized spacial score (nSPS) is 26.2. The number of benzene rings is 1. The minimum Gasteiger partial charge on any atom is -0.444 e. The van der Waals surface area contributed by atoms with Crippen molar-refractivity contribution in [1.82, 2.24) is 4.90 Å². The minimum absolute atomic E-state index is 0.0108. The lowest BCUT2D eigenvalue weighted by Crippen LogP contribution is -2.56. The SMILES string of the molecule is Cc1ccc(C(=O)C2CC3CCCC(C2)N3C(=O)OC(C)(C)C)cc1. The van der Waals surface area contributed by atoms with Gasteiger partial charge in [-0.2, -0.15) is 0 Å². The molecular weight excluding hydrogens is 314 g/mol. The summed E-state index contributed by atoms with van der Waals surface area (Å²) < 4.78 is 5.61. The van der Waals surface area contributed by atoms with E-state index in [0.29, 0.717) is 0 Å². The van der Waals surface area contributed by atoms with Crippen LogP contribution in [0.4, 0.5) is 4.79 Å². The summed E-state index contributed by atoms with van der Waals surface area (Å²) >= 11 is 0. The number of rotatable bonds is 2. The van der Waals surface area contributed by atoms with E-state index in [2.05, 4.69) is 0 Å². The van der Waals surface area contributed by atoms with Crippen molar-refractivity contribution in [3.63, 3.8) is 0 Å². The zero-order valence-electron chi connectivity index (χ0n) is 15.7. The number of hydrogen-bond donors (Lipinski definition) is 0. The molecule has 0 radical (unpaired) electrons. The quantitative estimate of drug-likeness (QED) is 0.728. The first-order valence-corrected chi connectivity index (χ1v) is 9.37. The molecular formula is C21H29NO3. The Hall–Kier alpha value is -1.84. The molecule has 136 valence electrons. The summed E-state index contributed by atoms with van der Waals surface area (Å²) in [4.78, 5) is 27.5. The molecule has 2 aliphatic heterocycles. The van der Waals surface area contributed by atoms with Gasteiger partial charge in [0.15, 0.2) is 5.78 Å². The van der Waals surface area contributed by atoms with Gasteiger partial charge in [0, 0.05) is 23.6 Å². The number of ketones is 1. The van der Waals surface area contributed by atoms with E-state index in [9.17, 15) is 9.59 Å². The van der Waals surface area contributed by atoms with E-state index in [1.807, 2.05) is 56.9 Å². The minimum atomic E-state index is -0.486. The number of hydrogen-bond acceptors (Lipinski definition) is 3. The molecule has 0 spiro atoms. The summed E-state index contributed by atoms with van der Waals surface area (Å²) in [5.41, 5.74) is 1.47. The first kappa shape index (κ1) is 18.0. The number of fused-ring (bicyclic) bond motifs is 2. The standard InChI is InChI=1S/C21H29NO3/c1-14-8-10-15(11-9-14)19(23)16-12-17-6-5-7-18(13-16)22(17)20(24)25-21(2,3)4/h8-11,16-18H,5-7,12-13H2,1-4H3. The summed E-state index contributed by atoms with van der Waals surface area (Å²) in [7, 11) is 0. The van der Waals surface area contributed by atoms with Crippen molar-refractivity contribution in [3.05, 3.63) is 35.4 Å². The first-order valence-electron chi connectivity index (χ1n) is 9.37. The van der Waals surface area contributed by atoms with Crippen LogP contribution in [0.5, 0.6) is 0 Å². The van der Waals surface area contributed by atoms with Crippen LogP contribution in [0.25, 0.3) is 0 Å². The maximum Gasteiger partial charge on any atom is 0.410 e. The largest absolute Gasteiger partial charge is 0.444 e. The molecule has 4 heteroatoms. The number of piperidine rings is 2. The molecule has 2 unspecified atom stereocenters. The number of aryl methyl sites for hydroxylation is 1. The smallest absolute Gasteiger partial charge is 0.410 e. The van der Waals surface area contributed by atoms with Gasteiger partial charge < -0.3 is 9.64 Å². The molecule has 0 aromatic heterocycles. The molecule has 1 aromatic rings. The summed E-state index contributed by atoms with van der Waals surface area (Å²) in [5.74, 6) is 0.234. The fraction of sp³-hybridized carbons (Fsp3) is 0.619. The van der Waals surface area contributed by atoms with Crippen molar-refractivity contribution in [1.29, 1.82) is 0 Å². The van der Waals surface area contributed by atoms with Crippen molar-refractivity contribution in [3.8, 4) is 0 Å². The molecule has 2 bridgehead atoms. The summed E-state index contributed by atoms with van der Waals surface area (Å²) in [6.07, 6.45) is 4.34. The van der Waals surface area contributed by atoms with Crippen LogP contribution in [0, 0.1) is 12.8 Å². The van der Waals surface area contributed by atoms with Crippen LogP contribution in [0.2, 0.25) is 0 Å². The summed E-state index contributed by atoms with van der Waals surface area (Å²) in [6.45, 7) is 7.72. The van der Waals surface area contributed by atoms with Crippen LogP contribution in [0.1, 0.15) is 68.8 Å². The predicted molar refractivity (Wildman–Crippen MR) is 97.7 cm³/mol. The van der Waals surface area contributed by atoms with Crippen molar-refractivity contribution >= 4 is 11.9 Å². The number of carbonyl (C=O) groups is 2. The van der Waals surface area contributed by atoms with Gasteiger partial charge in [-0.25, -0.2) is 4.79 Å². The second kappa shape index (κ2) is 6.81. The molecule has 2 fully saturated rings. The molecule has 0 N–H and O–H groups in total. The Morgan fingerprint density at radius 1 is 1.04 bits per heavy atom. The molecule has 4 nitrogen and oxygen atoms in total. The van der Waals surface area contributed by atoms with Gasteiger partial charge in [0.25, 0.3) is 0 Å². The highest BCUT2D eigenvalue weighted by atomic mass is 16.6. The molecule has 25 heavy (non-hydrogen) atoms. The third-order valence-electron chi connectivity index (χ3n) is 5.29. The zero-order valence-corrected chi connectivity index (χ0v) is 15.7. The van der Waals surface area contributed by atoms with E-state index in [4.69, 9.17) is 4.74 Å². The van der Waals surface area contributed by atoms with Crippen molar-refractivity contribution in [2.24, 2.45) is 5.92 Å². The molecule has 2 atom stereocenters. The van der Waals surface area contributed by atoms with Crippen LogP contribution >= 0.6 is 0 Å². The van der Waals surface area contributed by atoms with Crippen molar-refractivity contribution in [2.75, 3.05) is 0 Å². The molecule has 2 heterocycles. The monoisotopic (exact) mass is 343 g/mol. The van der Waals surface area contributed by atoms with Crippen molar-refractivity contribution in [2.45, 2.75) is 77.5 Å². The Bertz CT molecular complexity index is 630. The van der Waals surface area contributed by atoms with E-state index >= 15 is 0 Å². The number of amides is 1. The average molecular weight is 343 g/mol. The molecule has 1 aromatic carbocycles. The van der Waals surface area contributed by atoms with E-state index in [1.165, 1.54) is 0 Å². The molecule has 2 saturated heterocycles. The van der Waals surface area contributed by atoms with E-state index in [1.54, 1.807) is 0 Å². The fourth-order valence-corrected chi connectivity index (χ4v) is 4.16. The number of carbonyl (C=O) groups excluding carboxylic acids is 2. The van der Waals surface area contributed by atoms with Gasteiger partial charge >= 0.3 is 6.09 Å². The van der Waals surface area contributed by atoms with E-state index < -0.39 is 5.60 Å². The number of Topliss-reactive ketones (excluding diaryl/α,β-unsaturated/α-hetero) is 1. The van der Waals surface area contributed by atoms with Gasteiger partial charge in [-0.15, -0.1) is 0 Å². The highest BCUT2D eigenvalue weighted by Crippen LogP contribution is 2.39. The maximum atomic E-state index is 12.9. The third kappa shape index (κ3) is 4.05. The van der Waals surface area contributed by atoms with Gasteiger partial charge in [0.05, 0.1) is 0 Å². The van der Waals surface area contributed by atoms with Gasteiger partial charge in [-0.05, 0) is 59.8 Å². The Morgan fingerprint density at radius 3 is 2.12 bits per heavy atom. The van der Waals surface area contributed by atoms with Gasteiger partial charge in [-0.1, -0.05) is 29.8 Å². The van der Waals surface area contributed by atoms with Gasteiger partial charge in [0.1, 0.15) is 5.60 Å². The highest BCUT2D eigenvalue weighted by Gasteiger charge is 2.44. The Labute approximate surface area is 150 Å². The van der Waals surface area contributed by atoms with Crippen LogP contribution < -0.4 is 0 Å². The average Bonchev–Trinajstić information content (AvgIpc) is 2.52. The van der Waals surface area contributed by atoms with E-state index in [0.717, 1.165) is 43.2 Å². The molecule has 2 aliphatic rings. The van der Waals surface area contributed by atoms with Crippen LogP contribution in [-0.2, 0) is 4.74 Å². The maximum absolute atomic E-state index is 12.9. The summed E-state index contributed by atoms with van der Waals surface area (Å²) in [5, 5.41) is 0. The molecule has 0 aliphatic carbocycles. The van der Waals surface area contributed by atoms with Crippen molar-refractivity contribution < 1.29 is 14.3 Å². The van der Waals surface area contributed by atoms with Crippen LogP contribution in [0.3, 0.4) is 0 Å². The molecule has 0 saturated carbocycles. The lowest BCUT2D eigenvalue weighted by Gasteiger charge is -2.48. The fourth-order valence-electron chi connectivity index (χ4n) is 4.16. The summed E-state index contributed by atoms with van der Waals surface area (Å²) in [6, 6.07) is 8.08. The predicted octanol–water partition coefficient (Wildman–Crippen LogP) is 4.75. The molecule has 1 amide bonds. The van der Waals surface area contributed by atoms with Crippen LogP contribution in [-0.4, -0.2) is 34.5 Å². The third-order valence-corrected chi connectivity index (χ3v) is 5.29. The Morgan fingerprint density at radius 2 is 1.60 bits per heavy atom. The first-order chi connectivity index (χ1) is 11.7. The zero-order chi connectivity index (χ0) is 18.2. The Balaban J connectivity index is 1.73. The van der Waals surface area contributed by atoms with Crippen LogP contribution in [0.15, 0.2) is 24.3 Å². The van der Waals surface area contributed by atoms with Gasteiger partial charge in [-0.3, -0.25) is 4.79 Å². The lowest BCUT2D eigenvalue weighted by atomic mass is 9.76. The van der Waals surface area contributed by atoms with Gasteiger partial charge in [0.2, 0.25) is 0 Å². The number of ether oxygens (including phenoxy) is 1. The second-order valence-corrected chi connectivity index (χ2v) is 8.52. The topological polar surface area (TPSA) is 46.6 Å². The highest BCUT2D eigenvalue weighted by molar-refractivity contribution is 5.98. The number of nitrogens with zero attached hydrogens (tertiary/aromatic N) is 1. The molecule has 3 rings (SSSR count). The Kier molecular flexibility index (Phi) is 4.90. The lowest BCUT2D eigenvalue weighted by molar-refractivity contribution is -0.0260. The second-order valence-electron chi connectivity index (χ2n) is 8.52. The van der Waals surface area contributed by atoms with E-state index in [-0.39, 0.29) is 29.9 Å².